The summed E-state index contributed by atoms with van der Waals surface area (Å²) in [4.78, 5) is 24.4. The van der Waals surface area contributed by atoms with Crippen LogP contribution in [0.3, 0.4) is 0 Å². The predicted molar refractivity (Wildman–Crippen MR) is 129 cm³/mol. The lowest BCUT2D eigenvalue weighted by atomic mass is 9.88. The first kappa shape index (κ1) is 21.2. The molecule has 6 rings (SSSR count). The van der Waals surface area contributed by atoms with E-state index in [9.17, 15) is 13.6 Å². The molecule has 3 aromatic rings. The van der Waals surface area contributed by atoms with Gasteiger partial charge in [0.25, 0.3) is 11.8 Å². The van der Waals surface area contributed by atoms with Crippen LogP contribution >= 0.6 is 22.6 Å². The number of piperidine rings is 1. The summed E-state index contributed by atoms with van der Waals surface area (Å²) in [7, 11) is 0. The van der Waals surface area contributed by atoms with Crippen molar-refractivity contribution in [3.8, 4) is 0 Å². The van der Waals surface area contributed by atoms with E-state index in [1.165, 1.54) is 42.8 Å². The number of hydrogen-bond acceptors (Lipinski definition) is 5. The third-order valence-corrected chi connectivity index (χ3v) is 7.96. The molecule has 1 spiro atoms. The highest BCUT2D eigenvalue weighted by Gasteiger charge is 2.47. The second-order valence-electron chi connectivity index (χ2n) is 9.57. The van der Waals surface area contributed by atoms with Gasteiger partial charge in [-0.2, -0.15) is 5.10 Å². The Morgan fingerprint density at radius 2 is 1.88 bits per heavy atom. The van der Waals surface area contributed by atoms with E-state index in [1.807, 2.05) is 12.1 Å². The fourth-order valence-corrected chi connectivity index (χ4v) is 5.47. The molecule has 1 aliphatic heterocycles. The number of nitrogens with one attached hydrogen (secondary N) is 1. The number of carbonyl (C=O) groups excluding carboxylic acids is 1. The number of amides is 1. The van der Waals surface area contributed by atoms with Gasteiger partial charge in [-0.05, 0) is 71.9 Å². The Bertz CT molecular complexity index is 1240. The van der Waals surface area contributed by atoms with Crippen LogP contribution in [0.25, 0.3) is 11.2 Å². The minimum atomic E-state index is -2.66. The van der Waals surface area contributed by atoms with Gasteiger partial charge in [0.15, 0.2) is 11.5 Å². The molecule has 33 heavy (non-hydrogen) atoms. The summed E-state index contributed by atoms with van der Waals surface area (Å²) >= 11 is 2.27. The molecule has 1 saturated heterocycles. The average Bonchev–Trinajstić information content (AvgIpc) is 3.39. The highest BCUT2D eigenvalue weighted by Crippen LogP contribution is 2.54. The first-order valence-corrected chi connectivity index (χ1v) is 12.3. The van der Waals surface area contributed by atoms with Crippen molar-refractivity contribution >= 4 is 51.2 Å². The molecule has 10 heteroatoms. The molecular weight excluding hydrogens is 541 g/mol. The van der Waals surface area contributed by atoms with Crippen LogP contribution in [0, 0.1) is 8.99 Å². The molecule has 1 aromatic carbocycles. The van der Waals surface area contributed by atoms with Crippen molar-refractivity contribution in [3.63, 3.8) is 0 Å². The van der Waals surface area contributed by atoms with Gasteiger partial charge in [0.05, 0.1) is 29.7 Å². The Kier molecular flexibility index (Phi) is 4.86. The quantitative estimate of drug-likeness (QED) is 0.450. The molecule has 0 unspecified atom stereocenters. The van der Waals surface area contributed by atoms with Gasteiger partial charge in [-0.25, -0.2) is 23.4 Å². The highest BCUT2D eigenvalue weighted by atomic mass is 127. The van der Waals surface area contributed by atoms with E-state index in [2.05, 4.69) is 53.9 Å². The number of alkyl halides is 2. The Hall–Kier alpha value is -2.37. The Morgan fingerprint density at radius 1 is 1.12 bits per heavy atom. The van der Waals surface area contributed by atoms with E-state index in [0.29, 0.717) is 22.1 Å². The van der Waals surface area contributed by atoms with Crippen molar-refractivity contribution in [2.45, 2.75) is 50.5 Å². The fraction of sp³-hybridized carbons (Fsp3) is 0.478. The molecule has 2 aliphatic carbocycles. The number of anilines is 2. The summed E-state index contributed by atoms with van der Waals surface area (Å²) in [5.74, 6) is -2.64. The summed E-state index contributed by atoms with van der Waals surface area (Å²) < 4.78 is 29.3. The molecule has 172 valence electrons. The van der Waals surface area contributed by atoms with Gasteiger partial charge in [-0.3, -0.25) is 4.79 Å². The van der Waals surface area contributed by atoms with Gasteiger partial charge in [-0.15, -0.1) is 0 Å². The van der Waals surface area contributed by atoms with Gasteiger partial charge in [0.2, 0.25) is 0 Å². The molecule has 0 atom stereocenters. The Balaban J connectivity index is 1.24. The van der Waals surface area contributed by atoms with Crippen LogP contribution in [0.1, 0.15) is 54.9 Å². The number of hydrogen-bond donors (Lipinski definition) is 1. The Morgan fingerprint density at radius 3 is 2.58 bits per heavy atom. The van der Waals surface area contributed by atoms with E-state index in [0.717, 1.165) is 22.3 Å². The van der Waals surface area contributed by atoms with Crippen LogP contribution < -0.4 is 10.2 Å². The molecule has 2 saturated carbocycles. The van der Waals surface area contributed by atoms with Crippen molar-refractivity contribution in [1.29, 1.82) is 0 Å². The van der Waals surface area contributed by atoms with Crippen molar-refractivity contribution in [1.82, 2.24) is 19.7 Å². The van der Waals surface area contributed by atoms with E-state index >= 15 is 0 Å². The lowest BCUT2D eigenvalue weighted by Crippen LogP contribution is -2.37. The number of fused-ring (bicyclic) bond motifs is 1. The topological polar surface area (TPSA) is 75.9 Å². The number of nitrogens with zero attached hydrogens (tertiary/aromatic N) is 5. The maximum atomic E-state index is 13.3. The molecule has 3 aliphatic rings. The summed E-state index contributed by atoms with van der Waals surface area (Å²) in [6.45, 7) is 1.91. The van der Waals surface area contributed by atoms with Gasteiger partial charge < -0.3 is 10.2 Å². The van der Waals surface area contributed by atoms with Crippen molar-refractivity contribution in [2.75, 3.05) is 23.3 Å². The molecule has 0 bridgehead atoms. The smallest absolute Gasteiger partial charge is 0.258 e. The average molecular weight is 564 g/mol. The molecule has 7 nitrogen and oxygen atoms in total. The zero-order valence-electron chi connectivity index (χ0n) is 17.9. The fourth-order valence-electron chi connectivity index (χ4n) is 4.99. The maximum Gasteiger partial charge on any atom is 0.258 e. The number of benzene rings is 1. The van der Waals surface area contributed by atoms with E-state index in [-0.39, 0.29) is 24.6 Å². The highest BCUT2D eigenvalue weighted by molar-refractivity contribution is 14.1. The van der Waals surface area contributed by atoms with Crippen molar-refractivity contribution in [3.05, 3.63) is 39.7 Å². The van der Waals surface area contributed by atoms with E-state index in [1.54, 1.807) is 0 Å². The Labute approximate surface area is 203 Å². The summed E-state index contributed by atoms with van der Waals surface area (Å²) in [5, 5.41) is 7.06. The largest absolute Gasteiger partial charge is 0.371 e. The zero-order chi connectivity index (χ0) is 22.8. The summed E-state index contributed by atoms with van der Waals surface area (Å²) in [5.41, 5.74) is 3.00. The number of rotatable bonds is 4. The minimum absolute atomic E-state index is 0.259. The van der Waals surface area contributed by atoms with Gasteiger partial charge >= 0.3 is 0 Å². The molecule has 3 heterocycles. The first-order valence-electron chi connectivity index (χ1n) is 11.2. The van der Waals surface area contributed by atoms with Gasteiger partial charge in [0.1, 0.15) is 5.52 Å². The number of halogens is 3. The van der Waals surface area contributed by atoms with Crippen LogP contribution in [-0.2, 0) is 0 Å². The molecular formula is C23H23F2IN6O. The minimum Gasteiger partial charge on any atom is -0.371 e. The molecule has 1 N–H and O–H groups in total. The SMILES string of the molecule is O=C(Nc1cnc2cnn(C3CC(F)(F)C3)c2n1)c1ccc(I)cc1N1CCC2(CC1)CC2. The van der Waals surface area contributed by atoms with Crippen molar-refractivity contribution < 1.29 is 13.6 Å². The van der Waals surface area contributed by atoms with Crippen LogP contribution in [0.5, 0.6) is 0 Å². The molecule has 1 amide bonds. The van der Waals surface area contributed by atoms with E-state index in [4.69, 9.17) is 0 Å². The van der Waals surface area contributed by atoms with Crippen LogP contribution in [0.15, 0.2) is 30.6 Å². The second-order valence-corrected chi connectivity index (χ2v) is 10.8. The summed E-state index contributed by atoms with van der Waals surface area (Å²) in [6.07, 6.45) is 7.48. The third-order valence-electron chi connectivity index (χ3n) is 7.29. The number of carbonyl (C=O) groups is 1. The lowest BCUT2D eigenvalue weighted by molar-refractivity contribution is -0.106. The van der Waals surface area contributed by atoms with Crippen LogP contribution in [-0.4, -0.2) is 44.7 Å². The third kappa shape index (κ3) is 3.95. The summed E-state index contributed by atoms with van der Waals surface area (Å²) in [6, 6.07) is 5.42. The van der Waals surface area contributed by atoms with Gasteiger partial charge in [-0.1, -0.05) is 0 Å². The van der Waals surface area contributed by atoms with Crippen LogP contribution in [0.2, 0.25) is 0 Å². The van der Waals surface area contributed by atoms with E-state index < -0.39 is 12.0 Å². The molecule has 2 aromatic heterocycles. The van der Waals surface area contributed by atoms with Crippen molar-refractivity contribution in [2.24, 2.45) is 5.41 Å². The maximum absolute atomic E-state index is 13.3. The predicted octanol–water partition coefficient (Wildman–Crippen LogP) is 5.03. The van der Waals surface area contributed by atoms with Crippen LogP contribution in [0.4, 0.5) is 20.3 Å². The second kappa shape index (κ2) is 7.57. The lowest BCUT2D eigenvalue weighted by Gasteiger charge is -2.35. The monoisotopic (exact) mass is 564 g/mol. The standard InChI is InChI=1S/C23H23F2IN6O/c24-23(25)10-15(11-23)32-20-17(12-28-32)27-13-19(29-20)30-21(33)16-2-1-14(26)9-18(16)31-7-5-22(3-4-22)6-8-31/h1-2,9,12-13,15H,3-8,10-11H2,(H,29,30,33). The zero-order valence-corrected chi connectivity index (χ0v) is 20.1. The molecule has 3 fully saturated rings. The number of aromatic nitrogens is 4. The first-order chi connectivity index (χ1) is 15.8. The molecule has 0 radical (unpaired) electrons. The van der Waals surface area contributed by atoms with Gasteiger partial charge in [0, 0.05) is 29.5 Å². The normalized spacial score (nSPS) is 21.2.